The first-order valence-electron chi connectivity index (χ1n) is 5.07. The summed E-state index contributed by atoms with van der Waals surface area (Å²) in [6.45, 7) is 0. The van der Waals surface area contributed by atoms with E-state index in [1.165, 1.54) is 24.1 Å². The summed E-state index contributed by atoms with van der Waals surface area (Å²) in [5.41, 5.74) is 3.38. The molecule has 0 aromatic carbocycles. The molecule has 2 N–H and O–H groups in total. The van der Waals surface area contributed by atoms with Crippen molar-refractivity contribution in [1.82, 2.24) is 4.98 Å². The van der Waals surface area contributed by atoms with Gasteiger partial charge in [0.25, 0.3) is 0 Å². The van der Waals surface area contributed by atoms with E-state index in [0.717, 1.165) is 18.5 Å². The SMILES string of the molecule is N#CCC(O)c1cc2c([nH]1)CCCC2. The molecule has 0 fully saturated rings. The van der Waals surface area contributed by atoms with Gasteiger partial charge in [0.05, 0.1) is 12.5 Å². The van der Waals surface area contributed by atoms with Crippen molar-refractivity contribution in [1.29, 1.82) is 5.26 Å². The van der Waals surface area contributed by atoms with Crippen molar-refractivity contribution in [2.45, 2.75) is 38.2 Å². The minimum atomic E-state index is -0.648. The Morgan fingerprint density at radius 3 is 3.00 bits per heavy atom. The molecule has 0 saturated heterocycles. The molecule has 1 aromatic heterocycles. The Morgan fingerprint density at radius 1 is 1.50 bits per heavy atom. The maximum Gasteiger partial charge on any atom is 0.107 e. The third-order valence-electron chi connectivity index (χ3n) is 2.78. The van der Waals surface area contributed by atoms with Crippen LogP contribution in [0.5, 0.6) is 0 Å². The number of aromatic nitrogens is 1. The summed E-state index contributed by atoms with van der Waals surface area (Å²) in [4.78, 5) is 3.22. The molecule has 1 aliphatic rings. The molecule has 1 unspecified atom stereocenters. The van der Waals surface area contributed by atoms with Crippen molar-refractivity contribution >= 4 is 0 Å². The summed E-state index contributed by atoms with van der Waals surface area (Å²) in [5, 5.41) is 18.1. The molecule has 0 spiro atoms. The highest BCUT2D eigenvalue weighted by Crippen LogP contribution is 2.25. The lowest BCUT2D eigenvalue weighted by molar-refractivity contribution is 0.179. The van der Waals surface area contributed by atoms with E-state index in [1.54, 1.807) is 0 Å². The number of rotatable bonds is 2. The second kappa shape index (κ2) is 3.85. The van der Waals surface area contributed by atoms with Gasteiger partial charge in [0.2, 0.25) is 0 Å². The zero-order valence-corrected chi connectivity index (χ0v) is 8.08. The lowest BCUT2D eigenvalue weighted by Gasteiger charge is -2.09. The van der Waals surface area contributed by atoms with Gasteiger partial charge in [-0.1, -0.05) is 0 Å². The Bertz CT molecular complexity index is 338. The van der Waals surface area contributed by atoms with Gasteiger partial charge in [0, 0.05) is 11.4 Å². The fourth-order valence-corrected chi connectivity index (χ4v) is 2.00. The van der Waals surface area contributed by atoms with E-state index in [0.29, 0.717) is 0 Å². The molecule has 1 aliphatic carbocycles. The van der Waals surface area contributed by atoms with Gasteiger partial charge in [-0.3, -0.25) is 0 Å². The predicted molar refractivity (Wildman–Crippen MR) is 52.6 cm³/mol. The molecule has 1 heterocycles. The van der Waals surface area contributed by atoms with Gasteiger partial charge in [-0.05, 0) is 37.3 Å². The van der Waals surface area contributed by atoms with E-state index in [1.807, 2.05) is 12.1 Å². The number of nitriles is 1. The molecule has 3 nitrogen and oxygen atoms in total. The number of aryl methyl sites for hydroxylation is 2. The highest BCUT2D eigenvalue weighted by Gasteiger charge is 2.16. The number of hydrogen-bond acceptors (Lipinski definition) is 2. The van der Waals surface area contributed by atoms with Crippen LogP contribution in [-0.4, -0.2) is 10.1 Å². The van der Waals surface area contributed by atoms with Crippen LogP contribution in [0.2, 0.25) is 0 Å². The summed E-state index contributed by atoms with van der Waals surface area (Å²) in [7, 11) is 0. The van der Waals surface area contributed by atoms with Gasteiger partial charge >= 0.3 is 0 Å². The van der Waals surface area contributed by atoms with Crippen molar-refractivity contribution in [2.75, 3.05) is 0 Å². The topological polar surface area (TPSA) is 59.8 Å². The van der Waals surface area contributed by atoms with Crippen LogP contribution in [0.4, 0.5) is 0 Å². The summed E-state index contributed by atoms with van der Waals surface area (Å²) >= 11 is 0. The molecule has 2 rings (SSSR count). The molecular formula is C11H14N2O. The molecule has 0 radical (unpaired) electrons. The van der Waals surface area contributed by atoms with Crippen molar-refractivity contribution in [3.05, 3.63) is 23.0 Å². The summed E-state index contributed by atoms with van der Waals surface area (Å²) < 4.78 is 0. The Kier molecular flexibility index (Phi) is 2.55. The first-order chi connectivity index (χ1) is 6.81. The van der Waals surface area contributed by atoms with Gasteiger partial charge < -0.3 is 10.1 Å². The van der Waals surface area contributed by atoms with E-state index < -0.39 is 6.10 Å². The van der Waals surface area contributed by atoms with Gasteiger partial charge in [-0.15, -0.1) is 0 Å². The van der Waals surface area contributed by atoms with E-state index in [9.17, 15) is 5.11 Å². The maximum absolute atomic E-state index is 9.62. The van der Waals surface area contributed by atoms with Gasteiger partial charge in [-0.2, -0.15) is 5.26 Å². The number of nitrogens with zero attached hydrogens (tertiary/aromatic N) is 1. The highest BCUT2D eigenvalue weighted by molar-refractivity contribution is 5.29. The maximum atomic E-state index is 9.62. The van der Waals surface area contributed by atoms with Crippen molar-refractivity contribution < 1.29 is 5.11 Å². The lowest BCUT2D eigenvalue weighted by Crippen LogP contribution is -2.00. The predicted octanol–water partition coefficient (Wildman–Crippen LogP) is 1.84. The number of H-pyrrole nitrogens is 1. The Balaban J connectivity index is 2.20. The average Bonchev–Trinajstić information content (AvgIpc) is 2.61. The van der Waals surface area contributed by atoms with Gasteiger partial charge in [-0.25, -0.2) is 0 Å². The summed E-state index contributed by atoms with van der Waals surface area (Å²) in [6, 6.07) is 3.99. The second-order valence-corrected chi connectivity index (χ2v) is 3.81. The number of aliphatic hydroxyl groups excluding tert-OH is 1. The molecule has 0 saturated carbocycles. The fourth-order valence-electron chi connectivity index (χ4n) is 2.00. The smallest absolute Gasteiger partial charge is 0.107 e. The van der Waals surface area contributed by atoms with E-state index >= 15 is 0 Å². The normalized spacial score (nSPS) is 17.1. The minimum absolute atomic E-state index is 0.166. The molecular weight excluding hydrogens is 176 g/mol. The van der Waals surface area contributed by atoms with Crippen LogP contribution < -0.4 is 0 Å². The van der Waals surface area contributed by atoms with Crippen LogP contribution in [0.3, 0.4) is 0 Å². The molecule has 14 heavy (non-hydrogen) atoms. The first-order valence-corrected chi connectivity index (χ1v) is 5.07. The lowest BCUT2D eigenvalue weighted by atomic mass is 9.98. The summed E-state index contributed by atoms with van der Waals surface area (Å²) in [6.07, 6.45) is 4.16. The Labute approximate surface area is 83.4 Å². The number of nitrogens with one attached hydrogen (secondary N) is 1. The van der Waals surface area contributed by atoms with Crippen LogP contribution in [0.25, 0.3) is 0 Å². The summed E-state index contributed by atoms with van der Waals surface area (Å²) in [5.74, 6) is 0. The fraction of sp³-hybridized carbons (Fsp3) is 0.545. The Hall–Kier alpha value is -1.27. The van der Waals surface area contributed by atoms with Crippen molar-refractivity contribution in [3.8, 4) is 6.07 Å². The Morgan fingerprint density at radius 2 is 2.29 bits per heavy atom. The van der Waals surface area contributed by atoms with E-state index in [2.05, 4.69) is 4.98 Å². The van der Waals surface area contributed by atoms with Crippen LogP contribution >= 0.6 is 0 Å². The number of aromatic amines is 1. The molecule has 0 bridgehead atoms. The quantitative estimate of drug-likeness (QED) is 0.747. The zero-order valence-electron chi connectivity index (χ0n) is 8.08. The number of fused-ring (bicyclic) bond motifs is 1. The number of hydrogen-bond donors (Lipinski definition) is 2. The van der Waals surface area contributed by atoms with E-state index in [-0.39, 0.29) is 6.42 Å². The zero-order chi connectivity index (χ0) is 9.97. The molecule has 0 amide bonds. The monoisotopic (exact) mass is 190 g/mol. The molecule has 1 aromatic rings. The highest BCUT2D eigenvalue weighted by atomic mass is 16.3. The molecule has 0 aliphatic heterocycles. The van der Waals surface area contributed by atoms with Crippen molar-refractivity contribution in [3.63, 3.8) is 0 Å². The van der Waals surface area contributed by atoms with Crippen LogP contribution in [0.1, 0.15) is 42.3 Å². The molecule has 74 valence electrons. The third-order valence-corrected chi connectivity index (χ3v) is 2.78. The number of aliphatic hydroxyl groups is 1. The minimum Gasteiger partial charge on any atom is -0.386 e. The van der Waals surface area contributed by atoms with Gasteiger partial charge in [0.15, 0.2) is 0 Å². The van der Waals surface area contributed by atoms with Gasteiger partial charge in [0.1, 0.15) is 6.10 Å². The third kappa shape index (κ3) is 1.66. The standard InChI is InChI=1S/C11H14N2O/c12-6-5-11(14)10-7-8-3-1-2-4-9(8)13-10/h7,11,13-14H,1-5H2. The van der Waals surface area contributed by atoms with Crippen LogP contribution in [0, 0.1) is 11.3 Å². The molecule has 3 heteroatoms. The first kappa shape index (κ1) is 9.29. The largest absolute Gasteiger partial charge is 0.386 e. The van der Waals surface area contributed by atoms with Crippen LogP contribution in [-0.2, 0) is 12.8 Å². The molecule has 1 atom stereocenters. The van der Waals surface area contributed by atoms with Crippen LogP contribution in [0.15, 0.2) is 6.07 Å². The van der Waals surface area contributed by atoms with Crippen molar-refractivity contribution in [2.24, 2.45) is 0 Å². The average molecular weight is 190 g/mol. The second-order valence-electron chi connectivity index (χ2n) is 3.81. The van der Waals surface area contributed by atoms with E-state index in [4.69, 9.17) is 5.26 Å².